The molecule has 4 nitrogen and oxygen atoms in total. The summed E-state index contributed by atoms with van der Waals surface area (Å²) in [5.41, 5.74) is 1.20. The van der Waals surface area contributed by atoms with Crippen LogP contribution in [0.15, 0.2) is 24.3 Å². The first-order chi connectivity index (χ1) is 9.93. The molecule has 4 heteroatoms. The number of rotatable bonds is 9. The summed E-state index contributed by atoms with van der Waals surface area (Å²) in [7, 11) is 0. The fourth-order valence-corrected chi connectivity index (χ4v) is 1.97. The van der Waals surface area contributed by atoms with E-state index in [1.165, 1.54) is 5.56 Å². The highest BCUT2D eigenvalue weighted by atomic mass is 16.5. The minimum Gasteiger partial charge on any atom is -0.493 e. The van der Waals surface area contributed by atoms with Crippen molar-refractivity contribution in [3.05, 3.63) is 29.8 Å². The number of carbonyl (C=O) groups is 1. The van der Waals surface area contributed by atoms with Crippen LogP contribution in [-0.4, -0.2) is 30.8 Å². The van der Waals surface area contributed by atoms with Crippen molar-refractivity contribution in [2.24, 2.45) is 5.41 Å². The molecule has 0 saturated carbocycles. The van der Waals surface area contributed by atoms with Gasteiger partial charge in [0.15, 0.2) is 0 Å². The van der Waals surface area contributed by atoms with Crippen LogP contribution in [0.25, 0.3) is 0 Å². The van der Waals surface area contributed by atoms with E-state index in [1.807, 2.05) is 31.2 Å². The van der Waals surface area contributed by atoms with Crippen LogP contribution in [0.1, 0.15) is 38.7 Å². The van der Waals surface area contributed by atoms with E-state index in [-0.39, 0.29) is 17.9 Å². The van der Waals surface area contributed by atoms with Crippen molar-refractivity contribution in [2.75, 3.05) is 19.8 Å². The van der Waals surface area contributed by atoms with Crippen molar-refractivity contribution in [1.29, 1.82) is 0 Å². The summed E-state index contributed by atoms with van der Waals surface area (Å²) < 4.78 is 5.53. The molecule has 1 amide bonds. The Morgan fingerprint density at radius 3 is 2.57 bits per heavy atom. The lowest BCUT2D eigenvalue weighted by molar-refractivity contribution is -0.122. The second kappa shape index (κ2) is 8.67. The van der Waals surface area contributed by atoms with Crippen LogP contribution < -0.4 is 10.1 Å². The van der Waals surface area contributed by atoms with Gasteiger partial charge in [-0.3, -0.25) is 4.79 Å². The minimum atomic E-state index is -0.000754. The Morgan fingerprint density at radius 2 is 1.95 bits per heavy atom. The van der Waals surface area contributed by atoms with Crippen molar-refractivity contribution < 1.29 is 14.6 Å². The van der Waals surface area contributed by atoms with Crippen LogP contribution in [0.5, 0.6) is 5.75 Å². The van der Waals surface area contributed by atoms with E-state index in [0.717, 1.165) is 18.6 Å². The van der Waals surface area contributed by atoms with E-state index in [4.69, 9.17) is 9.84 Å². The lowest BCUT2D eigenvalue weighted by atomic mass is 9.88. The van der Waals surface area contributed by atoms with Gasteiger partial charge in [-0.1, -0.05) is 31.5 Å². The van der Waals surface area contributed by atoms with Gasteiger partial charge in [0.25, 0.3) is 0 Å². The minimum absolute atomic E-state index is 0.000754. The van der Waals surface area contributed by atoms with Gasteiger partial charge in [0, 0.05) is 13.2 Å². The largest absolute Gasteiger partial charge is 0.493 e. The number of hydrogen-bond donors (Lipinski definition) is 2. The van der Waals surface area contributed by atoms with Gasteiger partial charge in [0.1, 0.15) is 5.75 Å². The van der Waals surface area contributed by atoms with Crippen molar-refractivity contribution in [3.63, 3.8) is 0 Å². The van der Waals surface area contributed by atoms with Crippen LogP contribution >= 0.6 is 0 Å². The molecule has 0 spiro atoms. The molecule has 0 aromatic heterocycles. The molecule has 1 aromatic rings. The quantitative estimate of drug-likeness (QED) is 0.736. The van der Waals surface area contributed by atoms with Crippen molar-refractivity contribution in [1.82, 2.24) is 5.32 Å². The maximum absolute atomic E-state index is 11.8. The summed E-state index contributed by atoms with van der Waals surface area (Å²) in [6.07, 6.45) is 2.01. The number of hydrogen-bond acceptors (Lipinski definition) is 3. The predicted molar refractivity (Wildman–Crippen MR) is 84.4 cm³/mol. The zero-order valence-corrected chi connectivity index (χ0v) is 13.3. The Balaban J connectivity index is 2.20. The average Bonchev–Trinajstić information content (AvgIpc) is 2.45. The number of aryl methyl sites for hydroxylation is 1. The smallest absolute Gasteiger partial charge is 0.223 e. The van der Waals surface area contributed by atoms with Gasteiger partial charge in [-0.25, -0.2) is 0 Å². The first-order valence-corrected chi connectivity index (χ1v) is 7.50. The van der Waals surface area contributed by atoms with Crippen molar-refractivity contribution >= 4 is 5.91 Å². The fraction of sp³-hybridized carbons (Fsp3) is 0.588. The molecule has 0 atom stereocenters. The van der Waals surface area contributed by atoms with Crippen molar-refractivity contribution in [2.45, 2.75) is 40.0 Å². The Kier molecular flexibility index (Phi) is 7.23. The van der Waals surface area contributed by atoms with E-state index in [1.54, 1.807) is 0 Å². The van der Waals surface area contributed by atoms with Crippen LogP contribution in [0, 0.1) is 12.3 Å². The molecule has 118 valence electrons. The number of aliphatic hydroxyl groups excluding tert-OH is 1. The second-order valence-electron chi connectivity index (χ2n) is 6.18. The third-order valence-electron chi connectivity index (χ3n) is 3.39. The Bertz CT molecular complexity index is 426. The summed E-state index contributed by atoms with van der Waals surface area (Å²) in [6, 6.07) is 7.79. The molecule has 0 fully saturated rings. The molecule has 0 aliphatic rings. The first-order valence-electron chi connectivity index (χ1n) is 7.50. The number of benzene rings is 1. The van der Waals surface area contributed by atoms with E-state index in [2.05, 4.69) is 19.2 Å². The normalized spacial score (nSPS) is 11.2. The maximum Gasteiger partial charge on any atom is 0.223 e. The molecule has 0 radical (unpaired) electrons. The van der Waals surface area contributed by atoms with Crippen LogP contribution in [0.4, 0.5) is 0 Å². The topological polar surface area (TPSA) is 58.6 Å². The zero-order chi connectivity index (χ0) is 15.7. The van der Waals surface area contributed by atoms with Gasteiger partial charge in [-0.15, -0.1) is 0 Å². The van der Waals surface area contributed by atoms with E-state index in [0.29, 0.717) is 19.6 Å². The van der Waals surface area contributed by atoms with Gasteiger partial charge < -0.3 is 15.2 Å². The third-order valence-corrected chi connectivity index (χ3v) is 3.39. The molecule has 0 aliphatic heterocycles. The molecule has 0 unspecified atom stereocenters. The van der Waals surface area contributed by atoms with E-state index in [9.17, 15) is 4.79 Å². The predicted octanol–water partition coefficient (Wildman–Crippen LogP) is 2.68. The maximum atomic E-state index is 11.8. The van der Waals surface area contributed by atoms with Gasteiger partial charge >= 0.3 is 0 Å². The molecule has 2 N–H and O–H groups in total. The van der Waals surface area contributed by atoms with Gasteiger partial charge in [-0.05, 0) is 37.3 Å². The highest BCUT2D eigenvalue weighted by Gasteiger charge is 2.18. The Hall–Kier alpha value is -1.55. The number of ether oxygens (including phenoxy) is 1. The average molecular weight is 293 g/mol. The van der Waals surface area contributed by atoms with Gasteiger partial charge in [0.2, 0.25) is 5.91 Å². The molecule has 0 heterocycles. The number of aliphatic hydroxyl groups is 1. The lowest BCUT2D eigenvalue weighted by Gasteiger charge is -2.24. The molecule has 0 bridgehead atoms. The molecule has 1 aromatic carbocycles. The lowest BCUT2D eigenvalue weighted by Crippen LogP contribution is -2.34. The summed E-state index contributed by atoms with van der Waals surface area (Å²) in [5, 5.41) is 11.8. The molecular weight excluding hydrogens is 266 g/mol. The molecule has 21 heavy (non-hydrogen) atoms. The highest BCUT2D eigenvalue weighted by Crippen LogP contribution is 2.20. The molecular formula is C17H27NO3. The number of amides is 1. The Morgan fingerprint density at radius 1 is 1.29 bits per heavy atom. The number of nitrogens with one attached hydrogen (secondary N) is 1. The monoisotopic (exact) mass is 293 g/mol. The van der Waals surface area contributed by atoms with Gasteiger partial charge in [0.05, 0.1) is 13.0 Å². The van der Waals surface area contributed by atoms with Crippen LogP contribution in [0.2, 0.25) is 0 Å². The third kappa shape index (κ3) is 7.71. The Labute approximate surface area is 127 Å². The summed E-state index contributed by atoms with van der Waals surface area (Å²) >= 11 is 0. The van der Waals surface area contributed by atoms with Crippen molar-refractivity contribution in [3.8, 4) is 5.75 Å². The SMILES string of the molecule is Cc1ccc(OCCC(=O)NCC(C)(C)CCCO)cc1. The van der Waals surface area contributed by atoms with Gasteiger partial charge in [-0.2, -0.15) is 0 Å². The fourth-order valence-electron chi connectivity index (χ4n) is 1.97. The molecule has 0 aliphatic carbocycles. The number of carbonyl (C=O) groups excluding carboxylic acids is 1. The zero-order valence-electron chi connectivity index (χ0n) is 13.3. The first kappa shape index (κ1) is 17.5. The summed E-state index contributed by atoms with van der Waals surface area (Å²) in [6.45, 7) is 7.40. The van der Waals surface area contributed by atoms with Crippen LogP contribution in [0.3, 0.4) is 0 Å². The van der Waals surface area contributed by atoms with E-state index >= 15 is 0 Å². The summed E-state index contributed by atoms with van der Waals surface area (Å²) in [5.74, 6) is 0.788. The summed E-state index contributed by atoms with van der Waals surface area (Å²) in [4.78, 5) is 11.8. The van der Waals surface area contributed by atoms with Crippen LogP contribution in [-0.2, 0) is 4.79 Å². The van der Waals surface area contributed by atoms with E-state index < -0.39 is 0 Å². The highest BCUT2D eigenvalue weighted by molar-refractivity contribution is 5.76. The molecule has 0 saturated heterocycles. The standard InChI is InChI=1S/C17H27NO3/c1-14-5-7-15(8-6-14)21-12-9-16(20)18-13-17(2,3)10-4-11-19/h5-8,19H,4,9-13H2,1-3H3,(H,18,20). The second-order valence-corrected chi connectivity index (χ2v) is 6.18. The molecule has 1 rings (SSSR count).